The second kappa shape index (κ2) is 4.96. The molecule has 0 unspecified atom stereocenters. The molecule has 88 valence electrons. The maximum Gasteiger partial charge on any atom is 0.310 e. The number of carbonyl (C=O) groups excluding carboxylic acids is 1. The lowest BCUT2D eigenvalue weighted by Gasteiger charge is -2.08. The maximum atomic E-state index is 13.4. The Hall–Kier alpha value is -1.59. The number of aromatic nitrogens is 1. The van der Waals surface area contributed by atoms with Crippen molar-refractivity contribution in [1.29, 1.82) is 0 Å². The van der Waals surface area contributed by atoms with E-state index in [1.807, 2.05) is 0 Å². The van der Waals surface area contributed by atoms with E-state index in [2.05, 4.69) is 9.72 Å². The van der Waals surface area contributed by atoms with Gasteiger partial charge in [-0.2, -0.15) is 0 Å². The van der Waals surface area contributed by atoms with Gasteiger partial charge in [-0.1, -0.05) is 0 Å². The number of methoxy groups -OCH3 is 1. The third kappa shape index (κ3) is 2.50. The summed E-state index contributed by atoms with van der Waals surface area (Å²) in [6, 6.07) is 0. The van der Waals surface area contributed by atoms with Crippen LogP contribution in [0.3, 0.4) is 0 Å². The summed E-state index contributed by atoms with van der Waals surface area (Å²) in [7, 11) is 1.19. The van der Waals surface area contributed by atoms with E-state index in [0.717, 1.165) is 6.20 Å². The van der Waals surface area contributed by atoms with Gasteiger partial charge in [0.15, 0.2) is 5.82 Å². The minimum atomic E-state index is -2.97. The van der Waals surface area contributed by atoms with Crippen molar-refractivity contribution in [2.45, 2.75) is 19.8 Å². The van der Waals surface area contributed by atoms with E-state index in [0.29, 0.717) is 0 Å². The molecule has 0 radical (unpaired) electrons. The predicted molar refractivity (Wildman–Crippen MR) is 49.6 cm³/mol. The Morgan fingerprint density at radius 2 is 2.19 bits per heavy atom. The van der Waals surface area contributed by atoms with Crippen molar-refractivity contribution in [3.8, 4) is 0 Å². The molecule has 0 aliphatic carbocycles. The Kier molecular flexibility index (Phi) is 3.87. The Morgan fingerprint density at radius 3 is 2.69 bits per heavy atom. The SMILES string of the molecule is COC(=O)Cc1cnc(C(F)F)c(F)c1C. The molecule has 0 saturated carbocycles. The van der Waals surface area contributed by atoms with Gasteiger partial charge in [0.1, 0.15) is 5.69 Å². The van der Waals surface area contributed by atoms with Gasteiger partial charge >= 0.3 is 5.97 Å². The summed E-state index contributed by atoms with van der Waals surface area (Å²) >= 11 is 0. The van der Waals surface area contributed by atoms with E-state index >= 15 is 0 Å². The van der Waals surface area contributed by atoms with Gasteiger partial charge in [-0.3, -0.25) is 9.78 Å². The number of nitrogens with zero attached hydrogens (tertiary/aromatic N) is 1. The topological polar surface area (TPSA) is 39.2 Å². The van der Waals surface area contributed by atoms with Crippen LogP contribution < -0.4 is 0 Å². The molecule has 0 bridgehead atoms. The fourth-order valence-electron chi connectivity index (χ4n) is 1.19. The molecule has 0 aliphatic heterocycles. The van der Waals surface area contributed by atoms with Crippen molar-refractivity contribution in [3.05, 3.63) is 28.8 Å². The molecule has 1 aromatic rings. The van der Waals surface area contributed by atoms with Crippen LogP contribution in [0.25, 0.3) is 0 Å². The predicted octanol–water partition coefficient (Wildman–Crippen LogP) is 2.18. The Morgan fingerprint density at radius 1 is 1.56 bits per heavy atom. The van der Waals surface area contributed by atoms with Gasteiger partial charge in [0.25, 0.3) is 6.43 Å². The van der Waals surface area contributed by atoms with E-state index in [-0.39, 0.29) is 17.5 Å². The Labute approximate surface area is 90.2 Å². The molecule has 0 saturated heterocycles. The fourth-order valence-corrected chi connectivity index (χ4v) is 1.19. The van der Waals surface area contributed by atoms with E-state index < -0.39 is 23.9 Å². The van der Waals surface area contributed by atoms with Crippen LogP contribution in [0.5, 0.6) is 0 Å². The van der Waals surface area contributed by atoms with E-state index in [1.54, 1.807) is 0 Å². The molecule has 0 fully saturated rings. The summed E-state index contributed by atoms with van der Waals surface area (Å²) < 4.78 is 42.3. The van der Waals surface area contributed by atoms with Gasteiger partial charge in [0.2, 0.25) is 0 Å². The van der Waals surface area contributed by atoms with Gasteiger partial charge in [-0.25, -0.2) is 13.2 Å². The van der Waals surface area contributed by atoms with Gasteiger partial charge in [-0.15, -0.1) is 0 Å². The molecular weight excluding hydrogens is 223 g/mol. The first-order valence-electron chi connectivity index (χ1n) is 4.46. The molecule has 6 heteroatoms. The Balaban J connectivity index is 3.07. The van der Waals surface area contributed by atoms with Crippen molar-refractivity contribution in [1.82, 2.24) is 4.98 Å². The van der Waals surface area contributed by atoms with Crippen molar-refractivity contribution < 1.29 is 22.7 Å². The highest BCUT2D eigenvalue weighted by atomic mass is 19.3. The van der Waals surface area contributed by atoms with E-state index in [9.17, 15) is 18.0 Å². The quantitative estimate of drug-likeness (QED) is 0.751. The summed E-state index contributed by atoms with van der Waals surface area (Å²) in [4.78, 5) is 14.2. The molecular formula is C10H10F3NO2. The summed E-state index contributed by atoms with van der Waals surface area (Å²) in [5.74, 6) is -1.65. The monoisotopic (exact) mass is 233 g/mol. The fraction of sp³-hybridized carbons (Fsp3) is 0.400. The summed E-state index contributed by atoms with van der Waals surface area (Å²) in [6.45, 7) is 1.32. The van der Waals surface area contributed by atoms with Crippen LogP contribution in [-0.4, -0.2) is 18.1 Å². The summed E-state index contributed by atoms with van der Waals surface area (Å²) in [5.41, 5.74) is -0.657. The van der Waals surface area contributed by atoms with Crippen LogP contribution >= 0.6 is 0 Å². The minimum Gasteiger partial charge on any atom is -0.469 e. The van der Waals surface area contributed by atoms with Crippen molar-refractivity contribution in [2.24, 2.45) is 0 Å². The largest absolute Gasteiger partial charge is 0.469 e. The second-order valence-corrected chi connectivity index (χ2v) is 3.16. The van der Waals surface area contributed by atoms with Crippen LogP contribution in [0.2, 0.25) is 0 Å². The molecule has 0 aromatic carbocycles. The van der Waals surface area contributed by atoms with Gasteiger partial charge in [0, 0.05) is 6.20 Å². The zero-order valence-electron chi connectivity index (χ0n) is 8.76. The summed E-state index contributed by atoms with van der Waals surface area (Å²) in [5, 5.41) is 0. The highest BCUT2D eigenvalue weighted by molar-refractivity contribution is 5.72. The standard InChI is InChI=1S/C10H10F3NO2/c1-5-6(3-7(15)16-2)4-14-9(8(5)11)10(12)13/h4,10H,3H2,1-2H3. The van der Waals surface area contributed by atoms with E-state index in [4.69, 9.17) is 0 Å². The van der Waals surface area contributed by atoms with Crippen molar-refractivity contribution in [2.75, 3.05) is 7.11 Å². The van der Waals surface area contributed by atoms with E-state index in [1.165, 1.54) is 14.0 Å². The molecule has 0 atom stereocenters. The molecule has 0 spiro atoms. The lowest BCUT2D eigenvalue weighted by atomic mass is 10.1. The van der Waals surface area contributed by atoms with Crippen LogP contribution in [0.1, 0.15) is 23.2 Å². The van der Waals surface area contributed by atoms with Crippen LogP contribution in [0.15, 0.2) is 6.20 Å². The zero-order valence-corrected chi connectivity index (χ0v) is 8.76. The molecule has 3 nitrogen and oxygen atoms in total. The normalized spacial score (nSPS) is 10.6. The molecule has 0 aliphatic rings. The number of ether oxygens (including phenoxy) is 1. The van der Waals surface area contributed by atoms with Crippen LogP contribution in [-0.2, 0) is 16.0 Å². The first-order valence-corrected chi connectivity index (χ1v) is 4.46. The molecule has 1 heterocycles. The second-order valence-electron chi connectivity index (χ2n) is 3.16. The molecule has 0 amide bonds. The first-order chi connectivity index (χ1) is 7.47. The zero-order chi connectivity index (χ0) is 12.3. The average molecular weight is 233 g/mol. The van der Waals surface area contributed by atoms with Crippen molar-refractivity contribution >= 4 is 5.97 Å². The highest BCUT2D eigenvalue weighted by Crippen LogP contribution is 2.23. The summed E-state index contributed by atoms with van der Waals surface area (Å²) in [6.07, 6.45) is -2.09. The number of rotatable bonds is 3. The number of esters is 1. The molecule has 1 aromatic heterocycles. The minimum absolute atomic E-state index is 0.00398. The lowest BCUT2D eigenvalue weighted by Crippen LogP contribution is -2.09. The smallest absolute Gasteiger partial charge is 0.310 e. The number of carbonyl (C=O) groups is 1. The lowest BCUT2D eigenvalue weighted by molar-refractivity contribution is -0.139. The van der Waals surface area contributed by atoms with Gasteiger partial charge < -0.3 is 4.74 Å². The Bertz CT molecular complexity index is 407. The third-order valence-electron chi connectivity index (χ3n) is 2.16. The number of halogens is 3. The number of hydrogen-bond donors (Lipinski definition) is 0. The van der Waals surface area contributed by atoms with Gasteiger partial charge in [-0.05, 0) is 18.1 Å². The maximum absolute atomic E-state index is 13.4. The number of pyridine rings is 1. The average Bonchev–Trinajstić information content (AvgIpc) is 2.24. The molecule has 0 N–H and O–H groups in total. The number of alkyl halides is 2. The highest BCUT2D eigenvalue weighted by Gasteiger charge is 2.19. The number of hydrogen-bond acceptors (Lipinski definition) is 3. The molecule has 1 rings (SSSR count). The third-order valence-corrected chi connectivity index (χ3v) is 2.16. The van der Waals surface area contributed by atoms with Gasteiger partial charge in [0.05, 0.1) is 13.5 Å². The van der Waals surface area contributed by atoms with Crippen LogP contribution in [0, 0.1) is 12.7 Å². The first kappa shape index (κ1) is 12.5. The molecule has 16 heavy (non-hydrogen) atoms. The van der Waals surface area contributed by atoms with Crippen LogP contribution in [0.4, 0.5) is 13.2 Å². The van der Waals surface area contributed by atoms with Crippen molar-refractivity contribution in [3.63, 3.8) is 0 Å².